The molecule has 26 heavy (non-hydrogen) atoms. The number of hydrogen-bond acceptors (Lipinski definition) is 5. The SMILES string of the molecule is Cc1ccc(-c2cc(C(=O)NC(c3ccccn3)C3CC(O)C3)n[nH]2)o1. The fourth-order valence-electron chi connectivity index (χ4n) is 3.25. The van der Waals surface area contributed by atoms with Gasteiger partial charge in [0.1, 0.15) is 11.5 Å². The predicted molar refractivity (Wildman–Crippen MR) is 94.2 cm³/mol. The zero-order chi connectivity index (χ0) is 18.1. The van der Waals surface area contributed by atoms with Crippen molar-refractivity contribution in [3.05, 3.63) is 59.7 Å². The van der Waals surface area contributed by atoms with E-state index >= 15 is 0 Å². The number of H-pyrrole nitrogens is 1. The van der Waals surface area contributed by atoms with Gasteiger partial charge in [0.15, 0.2) is 11.5 Å². The summed E-state index contributed by atoms with van der Waals surface area (Å²) in [5.41, 5.74) is 1.72. The van der Waals surface area contributed by atoms with E-state index in [-0.39, 0.29) is 29.7 Å². The molecular formula is C19H20N4O3. The average molecular weight is 352 g/mol. The van der Waals surface area contributed by atoms with Crippen molar-refractivity contribution in [1.82, 2.24) is 20.5 Å². The summed E-state index contributed by atoms with van der Waals surface area (Å²) in [4.78, 5) is 17.1. The highest BCUT2D eigenvalue weighted by Crippen LogP contribution is 2.37. The zero-order valence-electron chi connectivity index (χ0n) is 14.3. The van der Waals surface area contributed by atoms with Crippen LogP contribution in [-0.2, 0) is 0 Å². The van der Waals surface area contributed by atoms with Gasteiger partial charge in [-0.15, -0.1) is 0 Å². The first kappa shape index (κ1) is 16.5. The molecule has 1 amide bonds. The van der Waals surface area contributed by atoms with Gasteiger partial charge >= 0.3 is 0 Å². The Balaban J connectivity index is 1.52. The first-order valence-corrected chi connectivity index (χ1v) is 8.62. The third kappa shape index (κ3) is 3.25. The third-order valence-electron chi connectivity index (χ3n) is 4.73. The van der Waals surface area contributed by atoms with Crippen LogP contribution in [0.2, 0.25) is 0 Å². The Morgan fingerprint density at radius 3 is 2.85 bits per heavy atom. The molecule has 1 fully saturated rings. The Bertz CT molecular complexity index is 896. The highest BCUT2D eigenvalue weighted by atomic mass is 16.3. The Kier molecular flexibility index (Phi) is 4.30. The number of carbonyl (C=O) groups excluding carboxylic acids is 1. The van der Waals surface area contributed by atoms with Crippen LogP contribution in [0.5, 0.6) is 0 Å². The summed E-state index contributed by atoms with van der Waals surface area (Å²) in [6.07, 6.45) is 2.70. The third-order valence-corrected chi connectivity index (χ3v) is 4.73. The monoisotopic (exact) mass is 352 g/mol. The van der Waals surface area contributed by atoms with Crippen LogP contribution in [0.1, 0.15) is 40.8 Å². The molecular weight excluding hydrogens is 332 g/mol. The van der Waals surface area contributed by atoms with E-state index < -0.39 is 0 Å². The molecule has 0 saturated heterocycles. The molecule has 0 aromatic carbocycles. The van der Waals surface area contributed by atoms with Crippen LogP contribution in [0, 0.1) is 12.8 Å². The molecule has 0 radical (unpaired) electrons. The summed E-state index contributed by atoms with van der Waals surface area (Å²) in [7, 11) is 0. The molecule has 1 aliphatic carbocycles. The lowest BCUT2D eigenvalue weighted by Gasteiger charge is -2.37. The molecule has 1 aliphatic rings. The van der Waals surface area contributed by atoms with E-state index in [1.807, 2.05) is 37.3 Å². The van der Waals surface area contributed by atoms with E-state index in [1.165, 1.54) is 0 Å². The van der Waals surface area contributed by atoms with Crippen molar-refractivity contribution >= 4 is 5.91 Å². The minimum absolute atomic E-state index is 0.162. The molecule has 1 unspecified atom stereocenters. The van der Waals surface area contributed by atoms with Crippen molar-refractivity contribution in [2.45, 2.75) is 31.9 Å². The van der Waals surface area contributed by atoms with Crippen LogP contribution >= 0.6 is 0 Å². The fraction of sp³-hybridized carbons (Fsp3) is 0.316. The maximum atomic E-state index is 12.7. The number of furan rings is 1. The number of rotatable bonds is 5. The van der Waals surface area contributed by atoms with Gasteiger partial charge in [-0.05, 0) is 49.9 Å². The lowest BCUT2D eigenvalue weighted by Crippen LogP contribution is -2.41. The summed E-state index contributed by atoms with van der Waals surface area (Å²) in [5.74, 6) is 1.31. The van der Waals surface area contributed by atoms with Gasteiger partial charge in [0.05, 0.1) is 17.8 Å². The van der Waals surface area contributed by atoms with Gasteiger partial charge in [0.2, 0.25) is 0 Å². The van der Waals surface area contributed by atoms with Crippen molar-refractivity contribution in [3.8, 4) is 11.5 Å². The number of aliphatic hydroxyl groups excluding tert-OH is 1. The number of amides is 1. The number of carbonyl (C=O) groups is 1. The molecule has 4 rings (SSSR count). The summed E-state index contributed by atoms with van der Waals surface area (Å²) < 4.78 is 5.55. The highest BCUT2D eigenvalue weighted by Gasteiger charge is 2.36. The van der Waals surface area contributed by atoms with Crippen molar-refractivity contribution < 1.29 is 14.3 Å². The molecule has 3 N–H and O–H groups in total. The molecule has 3 aromatic heterocycles. The molecule has 0 spiro atoms. The van der Waals surface area contributed by atoms with Crippen LogP contribution in [0.15, 0.2) is 47.0 Å². The minimum Gasteiger partial charge on any atom is -0.460 e. The Labute approximate surface area is 150 Å². The smallest absolute Gasteiger partial charge is 0.272 e. The molecule has 0 bridgehead atoms. The van der Waals surface area contributed by atoms with E-state index in [2.05, 4.69) is 20.5 Å². The number of aromatic nitrogens is 3. The number of aryl methyl sites for hydroxylation is 1. The molecule has 1 atom stereocenters. The summed E-state index contributed by atoms with van der Waals surface area (Å²) in [5, 5.41) is 19.6. The highest BCUT2D eigenvalue weighted by molar-refractivity contribution is 5.93. The summed E-state index contributed by atoms with van der Waals surface area (Å²) >= 11 is 0. The normalized spacial score (nSPS) is 20.4. The van der Waals surface area contributed by atoms with Crippen LogP contribution < -0.4 is 5.32 Å². The van der Waals surface area contributed by atoms with Gasteiger partial charge in [0.25, 0.3) is 5.91 Å². The quantitative estimate of drug-likeness (QED) is 0.655. The Morgan fingerprint density at radius 1 is 1.35 bits per heavy atom. The number of aliphatic hydroxyl groups is 1. The largest absolute Gasteiger partial charge is 0.460 e. The number of pyridine rings is 1. The van der Waals surface area contributed by atoms with Gasteiger partial charge in [-0.1, -0.05) is 6.07 Å². The minimum atomic E-state index is -0.303. The second kappa shape index (κ2) is 6.76. The second-order valence-corrected chi connectivity index (χ2v) is 6.67. The summed E-state index contributed by atoms with van der Waals surface area (Å²) in [6.45, 7) is 1.86. The lowest BCUT2D eigenvalue weighted by molar-refractivity contribution is 0.0227. The molecule has 134 valence electrons. The summed E-state index contributed by atoms with van der Waals surface area (Å²) in [6, 6.07) is 10.7. The van der Waals surface area contributed by atoms with Crippen molar-refractivity contribution in [3.63, 3.8) is 0 Å². The fourth-order valence-corrected chi connectivity index (χ4v) is 3.25. The molecule has 1 saturated carbocycles. The number of nitrogens with one attached hydrogen (secondary N) is 2. The van der Waals surface area contributed by atoms with Gasteiger partial charge in [0, 0.05) is 12.3 Å². The van der Waals surface area contributed by atoms with E-state index in [0.29, 0.717) is 24.3 Å². The van der Waals surface area contributed by atoms with E-state index in [4.69, 9.17) is 4.42 Å². The molecule has 0 aliphatic heterocycles. The van der Waals surface area contributed by atoms with Crippen molar-refractivity contribution in [1.29, 1.82) is 0 Å². The first-order valence-electron chi connectivity index (χ1n) is 8.62. The zero-order valence-corrected chi connectivity index (χ0v) is 14.3. The second-order valence-electron chi connectivity index (χ2n) is 6.67. The predicted octanol–water partition coefficient (Wildman–Crippen LogP) is 2.62. The van der Waals surface area contributed by atoms with Gasteiger partial charge in [-0.3, -0.25) is 14.9 Å². The molecule has 7 nitrogen and oxygen atoms in total. The van der Waals surface area contributed by atoms with Crippen LogP contribution in [0.25, 0.3) is 11.5 Å². The number of aromatic amines is 1. The van der Waals surface area contributed by atoms with Crippen molar-refractivity contribution in [2.75, 3.05) is 0 Å². The van der Waals surface area contributed by atoms with E-state index in [1.54, 1.807) is 12.3 Å². The van der Waals surface area contributed by atoms with Gasteiger partial charge < -0.3 is 14.8 Å². The van der Waals surface area contributed by atoms with Gasteiger partial charge in [-0.2, -0.15) is 5.10 Å². The van der Waals surface area contributed by atoms with Crippen molar-refractivity contribution in [2.24, 2.45) is 5.92 Å². The Morgan fingerprint density at radius 2 is 2.19 bits per heavy atom. The number of hydrogen-bond donors (Lipinski definition) is 3. The van der Waals surface area contributed by atoms with Crippen LogP contribution in [0.4, 0.5) is 0 Å². The maximum absolute atomic E-state index is 12.7. The van der Waals surface area contributed by atoms with E-state index in [0.717, 1.165) is 11.5 Å². The van der Waals surface area contributed by atoms with Crippen LogP contribution in [-0.4, -0.2) is 32.3 Å². The molecule has 7 heteroatoms. The van der Waals surface area contributed by atoms with E-state index in [9.17, 15) is 9.90 Å². The van der Waals surface area contributed by atoms with Gasteiger partial charge in [-0.25, -0.2) is 0 Å². The molecule has 3 heterocycles. The van der Waals surface area contributed by atoms with Crippen LogP contribution in [0.3, 0.4) is 0 Å². The number of nitrogens with zero attached hydrogens (tertiary/aromatic N) is 2. The average Bonchev–Trinajstić information content (AvgIpc) is 3.27. The first-order chi connectivity index (χ1) is 12.6. The molecule has 3 aromatic rings. The Hall–Kier alpha value is -2.93. The standard InChI is InChI=1S/C19H20N4O3/c1-11-5-6-17(26-11)15-10-16(23-22-15)19(25)21-18(12-8-13(24)9-12)14-4-2-3-7-20-14/h2-7,10,12-13,18,24H,8-9H2,1H3,(H,21,25)(H,22,23). The topological polar surface area (TPSA) is 104 Å². The lowest BCUT2D eigenvalue weighted by atomic mass is 9.76. The maximum Gasteiger partial charge on any atom is 0.272 e.